The summed E-state index contributed by atoms with van der Waals surface area (Å²) < 4.78 is 40.0. The number of hydrogen-bond acceptors (Lipinski definition) is 9. The third-order valence-electron chi connectivity index (χ3n) is 14.7. The normalized spacial score (nSPS) is 16.2. The molecule has 0 bridgehead atoms. The first kappa shape index (κ1) is 59.7. The number of para-hydroxylation sites is 1. The fraction of sp³-hybridized carbons (Fsp3) is 0.424. The van der Waals surface area contributed by atoms with Crippen LogP contribution in [0, 0.1) is 13.8 Å². The van der Waals surface area contributed by atoms with Crippen molar-refractivity contribution in [1.29, 1.82) is 0 Å². The number of carbonyl (C=O) groups is 7. The molecule has 3 aliphatic heterocycles. The number of ether oxygens (including phenoxy) is 1. The maximum atomic E-state index is 15.7. The molecule has 8 N–H and O–H groups in total. The second-order valence-corrected chi connectivity index (χ2v) is 20.9. The highest BCUT2D eigenvalue weighted by Crippen LogP contribution is 2.34. The van der Waals surface area contributed by atoms with E-state index in [0.29, 0.717) is 42.2 Å². The second-order valence-electron chi connectivity index (χ2n) is 20.9. The van der Waals surface area contributed by atoms with Crippen molar-refractivity contribution < 1.29 is 51.4 Å². The Morgan fingerprint density at radius 1 is 0.713 bits per heavy atom. The van der Waals surface area contributed by atoms with Gasteiger partial charge in [-0.1, -0.05) is 78.9 Å². The summed E-state index contributed by atoms with van der Waals surface area (Å²) in [7, 11) is 0. The van der Waals surface area contributed by atoms with Crippen molar-refractivity contribution in [2.75, 3.05) is 32.7 Å². The second kappa shape index (κ2) is 28.3. The number of aromatic nitrogens is 1. The molecule has 4 aromatic rings. The van der Waals surface area contributed by atoms with E-state index in [1.165, 1.54) is 19.4 Å². The molecule has 4 atom stereocenters. The van der Waals surface area contributed by atoms with Crippen LogP contribution in [-0.2, 0) is 46.4 Å². The number of hydrogen-bond donors (Lipinski definition) is 7. The van der Waals surface area contributed by atoms with Gasteiger partial charge in [0, 0.05) is 95.2 Å². The maximum Gasteiger partial charge on any atom is 0.737 e. The number of amides is 7. The highest BCUT2D eigenvalue weighted by atomic mass is 19.2. The van der Waals surface area contributed by atoms with Gasteiger partial charge in [0.25, 0.3) is 0 Å². The molecule has 1 saturated heterocycles. The van der Waals surface area contributed by atoms with Crippen LogP contribution in [0.25, 0.3) is 6.08 Å². The standard InChI is InChI=1S/C59H75BF2N10O8/c1-39-35-40(2)71-51(39)38-47-23-22-46(72(47)60(71,61)62)24-25-53(73)64-30-14-13-20-49(56(63)76)68-54(74)26-31-65-57(77)41(3)66-58(78)42(4)67-59(79)50(37-44-17-9-6-10-18-44)69-55(75)29-34-70-32-27-48(28-33-70)80-52-21-12-11-19-45(52)36-43-15-7-5-8-16-43/h5-12,15-19,21-23,35,38,41-42,48-50H,13-14,20,24-34,36-37H2,1-4H3,(H2,63,76)(H,64,73)(H,65,77)(H,66,78)(H,67,79)(H,68,74)(H,69,75)/t41-,42-,49-,50-/m0/s1. The van der Waals surface area contributed by atoms with E-state index in [1.54, 1.807) is 38.1 Å². The van der Waals surface area contributed by atoms with Crippen molar-refractivity contribution in [3.63, 3.8) is 0 Å². The Bertz CT molecular complexity index is 2960. The van der Waals surface area contributed by atoms with Crippen LogP contribution in [0.1, 0.15) is 105 Å². The topological polar surface area (TPSA) is 238 Å². The van der Waals surface area contributed by atoms with E-state index in [4.69, 9.17) is 10.5 Å². The predicted molar refractivity (Wildman–Crippen MR) is 302 cm³/mol. The first-order chi connectivity index (χ1) is 38.4. The smallest absolute Gasteiger partial charge is 0.490 e. The molecule has 7 amide bonds. The Balaban J connectivity index is 0.769. The number of halogens is 2. The minimum absolute atomic E-state index is 0.00398. The lowest BCUT2D eigenvalue weighted by molar-refractivity contribution is -0.362. The summed E-state index contributed by atoms with van der Waals surface area (Å²) >= 11 is 0. The summed E-state index contributed by atoms with van der Waals surface area (Å²) in [5.74, 6) is -2.87. The van der Waals surface area contributed by atoms with Crippen LogP contribution in [0.3, 0.4) is 0 Å². The van der Waals surface area contributed by atoms with E-state index in [9.17, 15) is 33.6 Å². The third-order valence-corrected chi connectivity index (χ3v) is 14.7. The van der Waals surface area contributed by atoms with Crippen LogP contribution in [-0.4, -0.2) is 131 Å². The van der Waals surface area contributed by atoms with Crippen LogP contribution in [0.2, 0.25) is 0 Å². The Morgan fingerprint density at radius 3 is 2.06 bits per heavy atom. The Hall–Kier alpha value is -7.94. The molecule has 426 valence electrons. The number of benzene rings is 3. The highest BCUT2D eigenvalue weighted by molar-refractivity contribution is 6.58. The number of rotatable bonds is 28. The van der Waals surface area contributed by atoms with Gasteiger partial charge in [-0.05, 0) is 99.9 Å². The number of nitrogens with one attached hydrogen (secondary N) is 6. The average molecular weight is 1100 g/mol. The van der Waals surface area contributed by atoms with Gasteiger partial charge < -0.3 is 64.9 Å². The summed E-state index contributed by atoms with van der Waals surface area (Å²) in [6.45, 7) is 4.38. The van der Waals surface area contributed by atoms with E-state index in [-0.39, 0.29) is 69.5 Å². The molecule has 3 aliphatic rings. The predicted octanol–water partition coefficient (Wildman–Crippen LogP) is 4.51. The molecule has 4 heterocycles. The summed E-state index contributed by atoms with van der Waals surface area (Å²) in [6.07, 6.45) is 8.73. The molecule has 0 spiro atoms. The summed E-state index contributed by atoms with van der Waals surface area (Å²) in [6, 6.07) is 25.2. The summed E-state index contributed by atoms with van der Waals surface area (Å²) in [4.78, 5) is 93.1. The zero-order valence-corrected chi connectivity index (χ0v) is 46.1. The van der Waals surface area contributed by atoms with E-state index >= 15 is 8.63 Å². The van der Waals surface area contributed by atoms with Gasteiger partial charge in [-0.15, -0.1) is 0 Å². The first-order valence-corrected chi connectivity index (χ1v) is 27.7. The lowest BCUT2D eigenvalue weighted by Crippen LogP contribution is -2.56. The Kier molecular flexibility index (Phi) is 21.1. The molecule has 80 heavy (non-hydrogen) atoms. The zero-order valence-electron chi connectivity index (χ0n) is 46.1. The number of unbranched alkanes of at least 4 members (excludes halogenated alkanes) is 1. The monoisotopic (exact) mass is 1100 g/mol. The molecule has 0 radical (unpaired) electrons. The number of primary amides is 1. The van der Waals surface area contributed by atoms with Gasteiger partial charge >= 0.3 is 6.97 Å². The van der Waals surface area contributed by atoms with Crippen molar-refractivity contribution in [2.45, 2.75) is 129 Å². The van der Waals surface area contributed by atoms with Crippen LogP contribution >= 0.6 is 0 Å². The lowest BCUT2D eigenvalue weighted by Gasteiger charge is -2.32. The van der Waals surface area contributed by atoms with Crippen LogP contribution in [0.5, 0.6) is 5.75 Å². The SMILES string of the molecule is Cc1cc(C)n2c1C=C1C=CC(CCC(=O)NCCCC[C@H](NC(=O)CCNC(=O)[C@H](C)NC(=O)[C@H](C)NC(=O)[C@H](Cc3ccccc3)NC(=O)CCN3CCC(Oc4ccccc4Cc4ccccc4)CC3)C(N)=O)=[N+]1[B-]2(F)F. The molecule has 0 saturated carbocycles. The van der Waals surface area contributed by atoms with Crippen LogP contribution in [0.15, 0.2) is 109 Å². The Morgan fingerprint density at radius 2 is 1.35 bits per heavy atom. The molecular formula is C59H75BF2N10O8. The number of nitrogens with zero attached hydrogens (tertiary/aromatic N) is 3. The van der Waals surface area contributed by atoms with Gasteiger partial charge in [0.05, 0.1) is 0 Å². The quantitative estimate of drug-likeness (QED) is 0.0313. The van der Waals surface area contributed by atoms with Crippen molar-refractivity contribution >= 4 is 60.1 Å². The zero-order chi connectivity index (χ0) is 57.3. The van der Waals surface area contributed by atoms with Crippen molar-refractivity contribution in [3.8, 4) is 5.75 Å². The van der Waals surface area contributed by atoms with E-state index < -0.39 is 60.7 Å². The number of likely N-dealkylation sites (tertiary alicyclic amines) is 1. The Labute approximate surface area is 466 Å². The van der Waals surface area contributed by atoms with Crippen LogP contribution in [0.4, 0.5) is 8.63 Å². The molecule has 0 unspecified atom stereocenters. The van der Waals surface area contributed by atoms with Gasteiger partial charge in [0.2, 0.25) is 41.4 Å². The van der Waals surface area contributed by atoms with E-state index in [1.807, 2.05) is 66.7 Å². The maximum absolute atomic E-state index is 15.7. The molecular weight excluding hydrogens is 1030 g/mol. The molecule has 1 fully saturated rings. The fourth-order valence-electron chi connectivity index (χ4n) is 10.3. The highest BCUT2D eigenvalue weighted by Gasteiger charge is 2.52. The number of carbonyl (C=O) groups excluding carboxylic acids is 7. The molecule has 18 nitrogen and oxygen atoms in total. The fourth-order valence-corrected chi connectivity index (χ4v) is 10.3. The van der Waals surface area contributed by atoms with Crippen molar-refractivity contribution in [3.05, 3.63) is 142 Å². The first-order valence-electron chi connectivity index (χ1n) is 27.7. The number of nitrogens with two attached hydrogens (primary N) is 1. The molecule has 3 aromatic carbocycles. The van der Waals surface area contributed by atoms with Gasteiger partial charge in [-0.3, -0.25) is 33.6 Å². The summed E-state index contributed by atoms with van der Waals surface area (Å²) in [5, 5.41) is 16.1. The van der Waals surface area contributed by atoms with Gasteiger partial charge in [-0.25, -0.2) is 0 Å². The lowest BCUT2D eigenvalue weighted by atomic mass is 9.90. The van der Waals surface area contributed by atoms with Crippen LogP contribution < -0.4 is 42.4 Å². The average Bonchev–Trinajstić information content (AvgIpc) is 4.08. The molecule has 7 rings (SSSR count). The third kappa shape index (κ3) is 16.6. The van der Waals surface area contributed by atoms with E-state index in [0.717, 1.165) is 63.8 Å². The van der Waals surface area contributed by atoms with Gasteiger partial charge in [0.1, 0.15) is 41.7 Å². The van der Waals surface area contributed by atoms with Gasteiger partial charge in [-0.2, -0.15) is 0 Å². The number of allylic oxidation sites excluding steroid dienone is 2. The largest absolute Gasteiger partial charge is 0.737 e. The molecule has 21 heteroatoms. The molecule has 0 aliphatic carbocycles. The molecule has 1 aromatic heterocycles. The van der Waals surface area contributed by atoms with Crippen molar-refractivity contribution in [1.82, 2.24) is 41.3 Å². The number of fused-ring (bicyclic) bond motifs is 2. The van der Waals surface area contributed by atoms with Crippen molar-refractivity contribution in [2.24, 2.45) is 5.73 Å². The van der Waals surface area contributed by atoms with E-state index in [2.05, 4.69) is 55.0 Å². The number of piperidine rings is 1. The number of aryl methyl sites for hydroxylation is 2. The van der Waals surface area contributed by atoms with Gasteiger partial charge in [0.15, 0.2) is 5.70 Å². The summed E-state index contributed by atoms with van der Waals surface area (Å²) in [5.41, 5.74) is 11.2. The minimum atomic E-state index is -4.13. The minimum Gasteiger partial charge on any atom is -0.490 e.